The Morgan fingerprint density at radius 2 is 1.92 bits per heavy atom. The Labute approximate surface area is 137 Å². The van der Waals surface area contributed by atoms with Crippen LogP contribution in [0, 0.1) is 10.1 Å². The number of hydrogen-bond donors (Lipinski definition) is 1. The van der Waals surface area contributed by atoms with Crippen LogP contribution in [-0.4, -0.2) is 34.0 Å². The summed E-state index contributed by atoms with van der Waals surface area (Å²) in [5.41, 5.74) is -0.0209. The van der Waals surface area contributed by atoms with Crippen LogP contribution < -0.4 is 10.1 Å². The normalized spacial score (nSPS) is 10.3. The number of aromatic nitrogens is 2. The molecule has 1 heterocycles. The first-order valence-corrected chi connectivity index (χ1v) is 7.04. The minimum Gasteiger partial charge on any atom is -0.465 e. The van der Waals surface area contributed by atoms with Gasteiger partial charge in [-0.25, -0.2) is 9.78 Å². The Bertz CT molecular complexity index is 746. The summed E-state index contributed by atoms with van der Waals surface area (Å²) in [6.45, 7) is 3.66. The standard InChI is InChI=1S/C15H16N4O5/c1-9(2)18-13-12(19(21)22)14(17-8-16-13)24-11-6-4-10(5-7-11)15(20)23-3/h4-9H,1-3H3,(H,16,17,18). The first-order valence-electron chi connectivity index (χ1n) is 7.04. The van der Waals surface area contributed by atoms with Gasteiger partial charge in [0.05, 0.1) is 17.6 Å². The van der Waals surface area contributed by atoms with Gasteiger partial charge in [0.1, 0.15) is 12.1 Å². The Morgan fingerprint density at radius 3 is 2.46 bits per heavy atom. The Balaban J connectivity index is 2.32. The highest BCUT2D eigenvalue weighted by Crippen LogP contribution is 2.34. The number of methoxy groups -OCH3 is 1. The first kappa shape index (κ1) is 17.1. The number of hydrogen-bond acceptors (Lipinski definition) is 8. The number of nitrogens with one attached hydrogen (secondary N) is 1. The van der Waals surface area contributed by atoms with E-state index in [1.165, 1.54) is 37.7 Å². The molecule has 2 rings (SSSR count). The van der Waals surface area contributed by atoms with Crippen LogP contribution >= 0.6 is 0 Å². The molecule has 9 heteroatoms. The Kier molecular flexibility index (Phi) is 5.25. The molecule has 0 aliphatic carbocycles. The highest BCUT2D eigenvalue weighted by molar-refractivity contribution is 5.89. The molecule has 9 nitrogen and oxygen atoms in total. The Hall–Kier alpha value is -3.23. The summed E-state index contributed by atoms with van der Waals surface area (Å²) in [4.78, 5) is 29.8. The molecule has 126 valence electrons. The fraction of sp³-hybridized carbons (Fsp3) is 0.267. The molecular formula is C15H16N4O5. The number of anilines is 1. The molecule has 0 atom stereocenters. The largest absolute Gasteiger partial charge is 0.465 e. The topological polar surface area (TPSA) is 116 Å². The molecule has 0 saturated carbocycles. The summed E-state index contributed by atoms with van der Waals surface area (Å²) in [7, 11) is 1.28. The summed E-state index contributed by atoms with van der Waals surface area (Å²) < 4.78 is 10.1. The van der Waals surface area contributed by atoms with Gasteiger partial charge < -0.3 is 14.8 Å². The molecule has 1 N–H and O–H groups in total. The monoisotopic (exact) mass is 332 g/mol. The van der Waals surface area contributed by atoms with Gasteiger partial charge in [-0.15, -0.1) is 0 Å². The van der Waals surface area contributed by atoms with Crippen molar-refractivity contribution in [3.8, 4) is 11.6 Å². The number of nitro groups is 1. The van der Waals surface area contributed by atoms with Crippen LogP contribution in [0.3, 0.4) is 0 Å². The minimum atomic E-state index is -0.608. The zero-order valence-electron chi connectivity index (χ0n) is 13.3. The first-order chi connectivity index (χ1) is 11.4. The van der Waals surface area contributed by atoms with Gasteiger partial charge >= 0.3 is 17.5 Å². The van der Waals surface area contributed by atoms with Crippen molar-refractivity contribution in [2.45, 2.75) is 19.9 Å². The molecule has 0 spiro atoms. The maximum atomic E-state index is 11.4. The third kappa shape index (κ3) is 3.94. The Morgan fingerprint density at radius 1 is 1.25 bits per heavy atom. The van der Waals surface area contributed by atoms with Crippen molar-refractivity contribution < 1.29 is 19.2 Å². The fourth-order valence-corrected chi connectivity index (χ4v) is 1.87. The molecule has 0 unspecified atom stereocenters. The van der Waals surface area contributed by atoms with Crippen molar-refractivity contribution in [2.75, 3.05) is 12.4 Å². The maximum absolute atomic E-state index is 11.4. The van der Waals surface area contributed by atoms with Gasteiger partial charge in [-0.3, -0.25) is 10.1 Å². The molecule has 0 aliphatic rings. The maximum Gasteiger partial charge on any atom is 0.373 e. The van der Waals surface area contributed by atoms with Crippen LogP contribution in [0.2, 0.25) is 0 Å². The second-order valence-corrected chi connectivity index (χ2v) is 5.05. The van der Waals surface area contributed by atoms with E-state index in [9.17, 15) is 14.9 Å². The molecule has 0 bridgehead atoms. The van der Waals surface area contributed by atoms with Crippen molar-refractivity contribution in [3.63, 3.8) is 0 Å². The highest BCUT2D eigenvalue weighted by atomic mass is 16.6. The van der Waals surface area contributed by atoms with Gasteiger partial charge in [-0.05, 0) is 38.1 Å². The molecule has 24 heavy (non-hydrogen) atoms. The van der Waals surface area contributed by atoms with Gasteiger partial charge in [-0.2, -0.15) is 4.98 Å². The van der Waals surface area contributed by atoms with Crippen molar-refractivity contribution in [3.05, 3.63) is 46.3 Å². The summed E-state index contributed by atoms with van der Waals surface area (Å²) in [6.07, 6.45) is 1.18. The van der Waals surface area contributed by atoms with Crippen LogP contribution in [0.5, 0.6) is 11.6 Å². The number of esters is 1. The lowest BCUT2D eigenvalue weighted by Crippen LogP contribution is -2.13. The van der Waals surface area contributed by atoms with Crippen LogP contribution in [-0.2, 0) is 4.74 Å². The molecular weight excluding hydrogens is 316 g/mol. The zero-order chi connectivity index (χ0) is 17.7. The van der Waals surface area contributed by atoms with E-state index in [1.54, 1.807) is 0 Å². The summed E-state index contributed by atoms with van der Waals surface area (Å²) in [5.74, 6) is -0.312. The third-order valence-corrected chi connectivity index (χ3v) is 2.89. The quantitative estimate of drug-likeness (QED) is 0.487. The van der Waals surface area contributed by atoms with Crippen molar-refractivity contribution in [1.29, 1.82) is 0 Å². The summed E-state index contributed by atoms with van der Waals surface area (Å²) >= 11 is 0. The second kappa shape index (κ2) is 7.36. The SMILES string of the molecule is COC(=O)c1ccc(Oc2ncnc(NC(C)C)c2[N+](=O)[O-])cc1. The number of carbonyl (C=O) groups excluding carboxylic acids is 1. The number of rotatable bonds is 6. The number of carbonyl (C=O) groups is 1. The lowest BCUT2D eigenvalue weighted by molar-refractivity contribution is -0.385. The van der Waals surface area contributed by atoms with E-state index in [2.05, 4.69) is 20.0 Å². The smallest absolute Gasteiger partial charge is 0.373 e. The van der Waals surface area contributed by atoms with E-state index < -0.39 is 10.9 Å². The average Bonchev–Trinajstić information content (AvgIpc) is 2.54. The van der Waals surface area contributed by atoms with E-state index in [-0.39, 0.29) is 23.4 Å². The van der Waals surface area contributed by atoms with E-state index >= 15 is 0 Å². The zero-order valence-corrected chi connectivity index (χ0v) is 13.3. The molecule has 0 amide bonds. The van der Waals surface area contributed by atoms with E-state index in [1.807, 2.05) is 13.8 Å². The molecule has 1 aromatic heterocycles. The molecule has 0 fully saturated rings. The summed E-state index contributed by atoms with van der Waals surface area (Å²) in [6, 6.07) is 5.91. The number of nitrogens with zero attached hydrogens (tertiary/aromatic N) is 3. The lowest BCUT2D eigenvalue weighted by atomic mass is 10.2. The van der Waals surface area contributed by atoms with Crippen LogP contribution in [0.15, 0.2) is 30.6 Å². The lowest BCUT2D eigenvalue weighted by Gasteiger charge is -2.11. The number of ether oxygens (including phenoxy) is 2. The molecule has 0 aliphatic heterocycles. The van der Waals surface area contributed by atoms with Crippen LogP contribution in [0.1, 0.15) is 24.2 Å². The second-order valence-electron chi connectivity index (χ2n) is 5.05. The molecule has 1 aromatic carbocycles. The third-order valence-electron chi connectivity index (χ3n) is 2.89. The van der Waals surface area contributed by atoms with E-state index in [4.69, 9.17) is 4.74 Å². The molecule has 0 saturated heterocycles. The molecule has 0 radical (unpaired) electrons. The predicted octanol–water partition coefficient (Wildman–Crippen LogP) is 2.78. The highest BCUT2D eigenvalue weighted by Gasteiger charge is 2.25. The van der Waals surface area contributed by atoms with E-state index in [0.717, 1.165) is 0 Å². The van der Waals surface area contributed by atoms with Gasteiger partial charge in [0.15, 0.2) is 0 Å². The number of benzene rings is 1. The van der Waals surface area contributed by atoms with E-state index in [0.29, 0.717) is 11.3 Å². The van der Waals surface area contributed by atoms with Crippen LogP contribution in [0.4, 0.5) is 11.5 Å². The van der Waals surface area contributed by atoms with Crippen molar-refractivity contribution in [1.82, 2.24) is 9.97 Å². The molecule has 2 aromatic rings. The predicted molar refractivity (Wildman–Crippen MR) is 85.3 cm³/mol. The van der Waals surface area contributed by atoms with Crippen LogP contribution in [0.25, 0.3) is 0 Å². The van der Waals surface area contributed by atoms with Gasteiger partial charge in [0.2, 0.25) is 5.82 Å². The van der Waals surface area contributed by atoms with Gasteiger partial charge in [-0.1, -0.05) is 0 Å². The van der Waals surface area contributed by atoms with Crippen molar-refractivity contribution >= 4 is 17.5 Å². The summed E-state index contributed by atoms with van der Waals surface area (Å²) in [5, 5.41) is 14.2. The van der Waals surface area contributed by atoms with Crippen molar-refractivity contribution in [2.24, 2.45) is 0 Å². The van der Waals surface area contributed by atoms with Gasteiger partial charge in [0.25, 0.3) is 0 Å². The van der Waals surface area contributed by atoms with Gasteiger partial charge in [0, 0.05) is 6.04 Å². The average molecular weight is 332 g/mol. The minimum absolute atomic E-state index is 0.0502. The fourth-order valence-electron chi connectivity index (χ4n) is 1.87.